The molecule has 136 valence electrons. The Balaban J connectivity index is 1.67. The number of nitrogens with zero attached hydrogens (tertiary/aromatic N) is 4. The van der Waals surface area contributed by atoms with E-state index in [4.69, 9.17) is 4.74 Å². The minimum absolute atomic E-state index is 0.793. The lowest BCUT2D eigenvalue weighted by Gasteiger charge is -2.13. The molecule has 0 atom stereocenters. The molecule has 0 unspecified atom stereocenters. The van der Waals surface area contributed by atoms with Gasteiger partial charge in [-0.25, -0.2) is 0 Å². The van der Waals surface area contributed by atoms with Crippen molar-refractivity contribution in [3.8, 4) is 22.1 Å². The van der Waals surface area contributed by atoms with E-state index in [2.05, 4.69) is 25.8 Å². The summed E-state index contributed by atoms with van der Waals surface area (Å²) < 4.78 is 7.66. The smallest absolute Gasteiger partial charge is 0.196 e. The van der Waals surface area contributed by atoms with Crippen molar-refractivity contribution in [2.45, 2.75) is 11.6 Å². The molecule has 0 bridgehead atoms. The molecular weight excluding hydrogens is 376 g/mol. The highest BCUT2D eigenvalue weighted by Crippen LogP contribution is 2.34. The molecule has 4 rings (SSSR count). The summed E-state index contributed by atoms with van der Waals surface area (Å²) in [5.41, 5.74) is 2.01. The topological polar surface area (TPSA) is 52.8 Å². The number of para-hydroxylation sites is 2. The van der Waals surface area contributed by atoms with Crippen LogP contribution in [0.1, 0.15) is 5.69 Å². The van der Waals surface area contributed by atoms with Gasteiger partial charge in [-0.15, -0.1) is 21.5 Å². The summed E-state index contributed by atoms with van der Waals surface area (Å²) in [6, 6.07) is 18.0. The number of benzene rings is 1. The van der Waals surface area contributed by atoms with Gasteiger partial charge < -0.3 is 4.74 Å². The van der Waals surface area contributed by atoms with Crippen LogP contribution in [0.3, 0.4) is 0 Å². The van der Waals surface area contributed by atoms with Gasteiger partial charge in [0.1, 0.15) is 5.75 Å². The van der Waals surface area contributed by atoms with Crippen molar-refractivity contribution in [3.05, 3.63) is 71.9 Å². The predicted molar refractivity (Wildman–Crippen MR) is 110 cm³/mol. The van der Waals surface area contributed by atoms with E-state index < -0.39 is 0 Å². The lowest BCUT2D eigenvalue weighted by atomic mass is 10.3. The van der Waals surface area contributed by atoms with Crippen LogP contribution in [0.4, 0.5) is 0 Å². The lowest BCUT2D eigenvalue weighted by Crippen LogP contribution is -2.02. The highest BCUT2D eigenvalue weighted by Gasteiger charge is 2.19. The molecule has 0 saturated heterocycles. The zero-order chi connectivity index (χ0) is 18.5. The minimum Gasteiger partial charge on any atom is -0.495 e. The van der Waals surface area contributed by atoms with Gasteiger partial charge in [-0.05, 0) is 42.1 Å². The van der Waals surface area contributed by atoms with Crippen molar-refractivity contribution in [1.82, 2.24) is 19.7 Å². The summed E-state index contributed by atoms with van der Waals surface area (Å²) in [5.74, 6) is 2.49. The number of aromatic nitrogens is 4. The quantitative estimate of drug-likeness (QED) is 0.424. The molecule has 0 radical (unpaired) electrons. The molecule has 0 aliphatic carbocycles. The van der Waals surface area contributed by atoms with E-state index in [1.807, 2.05) is 60.1 Å². The molecule has 0 spiro atoms. The number of rotatable bonds is 7. The number of hydrogen-bond donors (Lipinski definition) is 0. The van der Waals surface area contributed by atoms with E-state index in [9.17, 15) is 0 Å². The Morgan fingerprint density at radius 3 is 2.70 bits per heavy atom. The fraction of sp³-hybridized carbons (Fsp3) is 0.150. The molecule has 4 aromatic rings. The molecule has 3 heterocycles. The molecule has 7 heteroatoms. The number of thioether (sulfide) groups is 1. The Labute approximate surface area is 166 Å². The second-order valence-corrected chi connectivity index (χ2v) is 7.72. The standard InChI is InChI=1S/C20H18N4OS2/c1-25-17-9-3-2-8-16(17)24-19(18-10-6-13-26-18)22-23-20(24)27-14-11-15-7-4-5-12-21-15/h2-10,12-13H,11,14H2,1H3. The number of ether oxygens (including phenoxy) is 1. The summed E-state index contributed by atoms with van der Waals surface area (Å²) in [6.07, 6.45) is 2.70. The molecule has 0 N–H and O–H groups in total. The molecule has 27 heavy (non-hydrogen) atoms. The first-order valence-corrected chi connectivity index (χ1v) is 10.4. The fourth-order valence-corrected chi connectivity index (χ4v) is 4.36. The Morgan fingerprint density at radius 1 is 1.04 bits per heavy atom. The van der Waals surface area contributed by atoms with Crippen LogP contribution in [-0.4, -0.2) is 32.6 Å². The average molecular weight is 395 g/mol. The molecule has 5 nitrogen and oxygen atoms in total. The normalized spacial score (nSPS) is 10.9. The SMILES string of the molecule is COc1ccccc1-n1c(SCCc2ccccn2)nnc1-c1cccs1. The van der Waals surface area contributed by atoms with E-state index in [1.54, 1.807) is 30.2 Å². The van der Waals surface area contributed by atoms with E-state index in [0.29, 0.717) is 0 Å². The maximum absolute atomic E-state index is 5.58. The van der Waals surface area contributed by atoms with Gasteiger partial charge in [-0.2, -0.15) is 0 Å². The number of thiophene rings is 1. The number of pyridine rings is 1. The molecule has 3 aromatic heterocycles. The van der Waals surface area contributed by atoms with Gasteiger partial charge in [-0.3, -0.25) is 9.55 Å². The first-order chi connectivity index (χ1) is 13.4. The molecular formula is C20H18N4OS2. The molecule has 1 aromatic carbocycles. The van der Waals surface area contributed by atoms with Gasteiger partial charge in [0, 0.05) is 17.6 Å². The first kappa shape index (κ1) is 17.8. The van der Waals surface area contributed by atoms with Crippen LogP contribution >= 0.6 is 23.1 Å². The highest BCUT2D eigenvalue weighted by molar-refractivity contribution is 7.99. The molecule has 0 saturated carbocycles. The molecule has 0 amide bonds. The van der Waals surface area contributed by atoms with Gasteiger partial charge in [0.2, 0.25) is 0 Å². The average Bonchev–Trinajstić information content (AvgIpc) is 3.38. The van der Waals surface area contributed by atoms with Crippen LogP contribution in [0.15, 0.2) is 71.3 Å². The highest BCUT2D eigenvalue weighted by atomic mass is 32.2. The van der Waals surface area contributed by atoms with Crippen LogP contribution < -0.4 is 4.74 Å². The second-order valence-electron chi connectivity index (χ2n) is 5.71. The van der Waals surface area contributed by atoms with Crippen molar-refractivity contribution >= 4 is 23.1 Å². The summed E-state index contributed by atoms with van der Waals surface area (Å²) >= 11 is 3.32. The summed E-state index contributed by atoms with van der Waals surface area (Å²) in [5, 5.41) is 11.8. The van der Waals surface area contributed by atoms with Crippen molar-refractivity contribution in [1.29, 1.82) is 0 Å². The monoisotopic (exact) mass is 394 g/mol. The third-order valence-electron chi connectivity index (χ3n) is 4.02. The van der Waals surface area contributed by atoms with E-state index in [0.717, 1.165) is 45.2 Å². The third kappa shape index (κ3) is 3.89. The molecule has 0 fully saturated rings. The lowest BCUT2D eigenvalue weighted by molar-refractivity contribution is 0.412. The van der Waals surface area contributed by atoms with Gasteiger partial charge in [0.05, 0.1) is 17.7 Å². The Kier molecular flexibility index (Phi) is 5.50. The number of hydrogen-bond acceptors (Lipinski definition) is 6. The maximum atomic E-state index is 5.58. The van der Waals surface area contributed by atoms with E-state index >= 15 is 0 Å². The van der Waals surface area contributed by atoms with Crippen LogP contribution in [-0.2, 0) is 6.42 Å². The predicted octanol–water partition coefficient (Wildman–Crippen LogP) is 4.73. The Morgan fingerprint density at radius 2 is 1.93 bits per heavy atom. The van der Waals surface area contributed by atoms with Gasteiger partial charge in [0.25, 0.3) is 0 Å². The Bertz CT molecular complexity index is 1000. The molecule has 0 aliphatic rings. The van der Waals surface area contributed by atoms with Crippen molar-refractivity contribution in [2.75, 3.05) is 12.9 Å². The van der Waals surface area contributed by atoms with E-state index in [1.165, 1.54) is 0 Å². The van der Waals surface area contributed by atoms with E-state index in [-0.39, 0.29) is 0 Å². The number of methoxy groups -OCH3 is 1. The largest absolute Gasteiger partial charge is 0.495 e. The van der Waals surface area contributed by atoms with Gasteiger partial charge >= 0.3 is 0 Å². The van der Waals surface area contributed by atoms with Crippen molar-refractivity contribution in [3.63, 3.8) is 0 Å². The first-order valence-electron chi connectivity index (χ1n) is 8.52. The zero-order valence-electron chi connectivity index (χ0n) is 14.8. The number of aryl methyl sites for hydroxylation is 1. The van der Waals surface area contributed by atoms with Gasteiger partial charge in [0.15, 0.2) is 11.0 Å². The van der Waals surface area contributed by atoms with Crippen molar-refractivity contribution in [2.24, 2.45) is 0 Å². The zero-order valence-corrected chi connectivity index (χ0v) is 16.4. The third-order valence-corrected chi connectivity index (χ3v) is 5.81. The molecule has 0 aliphatic heterocycles. The van der Waals surface area contributed by atoms with Crippen LogP contribution in [0.5, 0.6) is 5.75 Å². The van der Waals surface area contributed by atoms with Crippen LogP contribution in [0, 0.1) is 0 Å². The minimum atomic E-state index is 0.793. The summed E-state index contributed by atoms with van der Waals surface area (Å²) in [7, 11) is 1.68. The van der Waals surface area contributed by atoms with Crippen LogP contribution in [0.2, 0.25) is 0 Å². The van der Waals surface area contributed by atoms with Gasteiger partial charge in [-0.1, -0.05) is 36.0 Å². The summed E-state index contributed by atoms with van der Waals surface area (Å²) in [6.45, 7) is 0. The second kappa shape index (κ2) is 8.37. The maximum Gasteiger partial charge on any atom is 0.196 e. The van der Waals surface area contributed by atoms with Crippen molar-refractivity contribution < 1.29 is 4.74 Å². The fourth-order valence-electron chi connectivity index (χ4n) is 2.75. The van der Waals surface area contributed by atoms with Crippen LogP contribution in [0.25, 0.3) is 16.4 Å². The summed E-state index contributed by atoms with van der Waals surface area (Å²) in [4.78, 5) is 5.46. The Hall–Kier alpha value is -2.64.